The van der Waals surface area contributed by atoms with Crippen LogP contribution < -0.4 is 0 Å². The van der Waals surface area contributed by atoms with Gasteiger partial charge in [0.05, 0.1) is 23.2 Å². The Labute approximate surface area is 201 Å². The minimum absolute atomic E-state index is 0.0213. The second kappa shape index (κ2) is 10.6. The van der Waals surface area contributed by atoms with E-state index in [2.05, 4.69) is 20.1 Å². The summed E-state index contributed by atoms with van der Waals surface area (Å²) in [5.74, 6) is -1.52. The number of nitrogens with zero attached hydrogens (tertiary/aromatic N) is 2. The van der Waals surface area contributed by atoms with Crippen molar-refractivity contribution in [1.29, 1.82) is 0 Å². The van der Waals surface area contributed by atoms with Gasteiger partial charge in [0.1, 0.15) is 6.04 Å². The van der Waals surface area contributed by atoms with E-state index >= 15 is 0 Å². The number of carbonyl (C=O) groups excluding carboxylic acids is 3. The van der Waals surface area contributed by atoms with Crippen LogP contribution in [-0.2, 0) is 19.1 Å². The Morgan fingerprint density at radius 1 is 1.33 bits per heavy atom. The third-order valence-corrected chi connectivity index (χ3v) is 9.43. The molecule has 0 aliphatic carbocycles. The molecule has 184 valence electrons. The van der Waals surface area contributed by atoms with Gasteiger partial charge in [-0.2, -0.15) is 0 Å². The lowest BCUT2D eigenvalue weighted by atomic mass is 9.66. The molecule has 1 N–H and O–H groups in total. The van der Waals surface area contributed by atoms with Gasteiger partial charge in [0.25, 0.3) is 0 Å². The first-order chi connectivity index (χ1) is 15.8. The van der Waals surface area contributed by atoms with Crippen LogP contribution in [0.15, 0.2) is 25.3 Å². The van der Waals surface area contributed by atoms with E-state index in [4.69, 9.17) is 4.74 Å². The number of likely N-dealkylation sites (tertiary alicyclic amines) is 1. The molecule has 2 amide bonds. The molecule has 2 bridgehead atoms. The molecule has 3 unspecified atom stereocenters. The van der Waals surface area contributed by atoms with Crippen molar-refractivity contribution in [3.63, 3.8) is 0 Å². The van der Waals surface area contributed by atoms with Gasteiger partial charge in [0.2, 0.25) is 11.8 Å². The smallest absolute Gasteiger partial charge is 0.310 e. The van der Waals surface area contributed by atoms with Crippen LogP contribution in [0.2, 0.25) is 0 Å². The lowest BCUT2D eigenvalue weighted by Crippen LogP contribution is -2.58. The van der Waals surface area contributed by atoms with Gasteiger partial charge in [0.15, 0.2) is 0 Å². The second-order valence-corrected chi connectivity index (χ2v) is 11.2. The predicted octanol–water partition coefficient (Wildman–Crippen LogP) is 2.64. The maximum atomic E-state index is 14.0. The lowest BCUT2D eigenvalue weighted by Gasteiger charge is -2.41. The average Bonchev–Trinajstić information content (AvgIpc) is 3.36. The van der Waals surface area contributed by atoms with Crippen molar-refractivity contribution in [2.75, 3.05) is 26.3 Å². The third kappa shape index (κ3) is 4.36. The molecule has 3 fully saturated rings. The second-order valence-electron chi connectivity index (χ2n) is 9.63. The first-order valence-electron chi connectivity index (χ1n) is 12.0. The van der Waals surface area contributed by atoms with Crippen LogP contribution in [0.5, 0.6) is 0 Å². The van der Waals surface area contributed by atoms with Crippen LogP contribution in [0.1, 0.15) is 46.5 Å². The Kier molecular flexibility index (Phi) is 8.32. The van der Waals surface area contributed by atoms with Crippen molar-refractivity contribution >= 4 is 29.5 Å². The molecule has 0 aromatic carbocycles. The summed E-state index contributed by atoms with van der Waals surface area (Å²) in [7, 11) is 0. The maximum absolute atomic E-state index is 14.0. The van der Waals surface area contributed by atoms with Crippen LogP contribution >= 0.6 is 11.8 Å². The van der Waals surface area contributed by atoms with E-state index in [1.54, 1.807) is 33.7 Å². The zero-order valence-corrected chi connectivity index (χ0v) is 20.9. The Morgan fingerprint density at radius 3 is 2.67 bits per heavy atom. The molecule has 8 heteroatoms. The van der Waals surface area contributed by atoms with E-state index in [1.807, 2.05) is 13.8 Å². The summed E-state index contributed by atoms with van der Waals surface area (Å²) in [6, 6.07) is -0.675. The summed E-state index contributed by atoms with van der Waals surface area (Å²) in [5, 5.41) is 9.25. The molecule has 6 atom stereocenters. The fraction of sp³-hybridized carbons (Fsp3) is 0.720. The first kappa shape index (κ1) is 25.8. The molecule has 3 rings (SSSR count). The number of amides is 2. The molecular weight excluding hydrogens is 440 g/mol. The van der Waals surface area contributed by atoms with Gasteiger partial charge in [0, 0.05) is 31.0 Å². The fourth-order valence-electron chi connectivity index (χ4n) is 5.89. The normalized spacial score (nSPS) is 32.2. The summed E-state index contributed by atoms with van der Waals surface area (Å²) in [4.78, 5) is 44.5. The van der Waals surface area contributed by atoms with Crippen molar-refractivity contribution in [1.82, 2.24) is 9.80 Å². The molecular formula is C25H38N2O5S. The third-order valence-electron chi connectivity index (χ3n) is 7.36. The van der Waals surface area contributed by atoms with Crippen molar-refractivity contribution in [2.45, 2.75) is 68.5 Å². The number of rotatable bonds is 12. The highest BCUT2D eigenvalue weighted by Gasteiger charge is 2.76. The monoisotopic (exact) mass is 478 g/mol. The van der Waals surface area contributed by atoms with E-state index in [0.717, 1.165) is 6.42 Å². The van der Waals surface area contributed by atoms with Crippen LogP contribution in [0, 0.1) is 17.8 Å². The van der Waals surface area contributed by atoms with E-state index in [0.29, 0.717) is 32.4 Å². The van der Waals surface area contributed by atoms with E-state index in [-0.39, 0.29) is 48.2 Å². The zero-order valence-electron chi connectivity index (χ0n) is 20.1. The molecule has 0 radical (unpaired) electrons. The predicted molar refractivity (Wildman–Crippen MR) is 130 cm³/mol. The molecule has 7 nitrogen and oxygen atoms in total. The minimum Gasteiger partial charge on any atom is -0.465 e. The Balaban J connectivity index is 2.00. The highest BCUT2D eigenvalue weighted by atomic mass is 32.2. The van der Waals surface area contributed by atoms with Gasteiger partial charge >= 0.3 is 5.97 Å². The maximum Gasteiger partial charge on any atom is 0.310 e. The van der Waals surface area contributed by atoms with Crippen LogP contribution in [-0.4, -0.2) is 81.1 Å². The van der Waals surface area contributed by atoms with Gasteiger partial charge < -0.3 is 19.6 Å². The number of unbranched alkanes of at least 4 members (excludes halogenated alkanes) is 1. The number of fused-ring (bicyclic) bond motifs is 1. The number of hydrogen-bond acceptors (Lipinski definition) is 6. The molecule has 0 aromatic heterocycles. The van der Waals surface area contributed by atoms with Crippen LogP contribution in [0.25, 0.3) is 0 Å². The largest absolute Gasteiger partial charge is 0.465 e. The Hall–Kier alpha value is -1.80. The quantitative estimate of drug-likeness (QED) is 0.264. The van der Waals surface area contributed by atoms with Gasteiger partial charge in [-0.25, -0.2) is 0 Å². The van der Waals surface area contributed by atoms with E-state index < -0.39 is 22.6 Å². The zero-order chi connectivity index (χ0) is 24.3. The summed E-state index contributed by atoms with van der Waals surface area (Å²) in [6.07, 6.45) is 5.92. The van der Waals surface area contributed by atoms with Crippen LogP contribution in [0.4, 0.5) is 0 Å². The number of aliphatic hydroxyl groups is 1. The number of aliphatic hydroxyl groups excluding tert-OH is 1. The van der Waals surface area contributed by atoms with Crippen molar-refractivity contribution in [3.05, 3.63) is 25.3 Å². The van der Waals surface area contributed by atoms with Gasteiger partial charge in [-0.15, -0.1) is 24.9 Å². The highest BCUT2D eigenvalue weighted by molar-refractivity contribution is 8.02. The molecule has 3 saturated heterocycles. The number of esters is 1. The average molecular weight is 479 g/mol. The summed E-state index contributed by atoms with van der Waals surface area (Å²) < 4.78 is 4.88. The number of carbonyl (C=O) groups is 3. The van der Waals surface area contributed by atoms with Gasteiger partial charge in [-0.05, 0) is 45.4 Å². The van der Waals surface area contributed by atoms with Gasteiger partial charge in [-0.3, -0.25) is 14.4 Å². The molecule has 1 spiro atoms. The summed E-state index contributed by atoms with van der Waals surface area (Å²) >= 11 is 1.66. The highest BCUT2D eigenvalue weighted by Crippen LogP contribution is 2.68. The van der Waals surface area contributed by atoms with Crippen LogP contribution in [0.3, 0.4) is 0 Å². The minimum atomic E-state index is -0.644. The number of ether oxygens (including phenoxy) is 1. The van der Waals surface area contributed by atoms with E-state index in [9.17, 15) is 19.5 Å². The summed E-state index contributed by atoms with van der Waals surface area (Å²) in [6.45, 7) is 14.6. The topological polar surface area (TPSA) is 87.1 Å². The van der Waals surface area contributed by atoms with Crippen molar-refractivity contribution in [2.24, 2.45) is 17.8 Å². The molecule has 3 aliphatic heterocycles. The summed E-state index contributed by atoms with van der Waals surface area (Å²) in [5.41, 5.74) is 0. The Morgan fingerprint density at radius 2 is 2.06 bits per heavy atom. The lowest BCUT2D eigenvalue weighted by molar-refractivity contribution is -0.154. The molecule has 0 saturated carbocycles. The van der Waals surface area contributed by atoms with Crippen molar-refractivity contribution < 1.29 is 24.2 Å². The van der Waals surface area contributed by atoms with Crippen molar-refractivity contribution in [3.8, 4) is 0 Å². The standard InChI is InChI=1S/C25H38N2O5S/c1-6-8-14-32-24(31)19-18-15-17(5)25(33-18)20(19)22(29)27(12-9-10-13-28)21(25)23(30)26(11-7-2)16(3)4/h6-7,16-21,28H,1-2,8-15H2,3-5H3/t17?,18-,19+,20+,21?,25?/m1/s1. The molecule has 33 heavy (non-hydrogen) atoms. The fourth-order valence-corrected chi connectivity index (χ4v) is 8.30. The van der Waals surface area contributed by atoms with E-state index in [1.165, 1.54) is 0 Å². The van der Waals surface area contributed by atoms with Gasteiger partial charge in [-0.1, -0.05) is 19.1 Å². The SMILES string of the molecule is C=CCCOC(=O)[C@@H]1[C@H]2C(=O)N(CCCCO)C(C(=O)N(CC=C)C(C)C)C23S[C@@H]1CC3C. The number of hydrogen-bond donors (Lipinski definition) is 1. The molecule has 3 heterocycles. The number of thioether (sulfide) groups is 1. The molecule has 0 aromatic rings. The Bertz CT molecular complexity index is 787. The molecule has 3 aliphatic rings. The first-order valence-corrected chi connectivity index (χ1v) is 12.9.